The van der Waals surface area contributed by atoms with Gasteiger partial charge in [-0.15, -0.1) is 11.3 Å². The fourth-order valence-corrected chi connectivity index (χ4v) is 5.49. The summed E-state index contributed by atoms with van der Waals surface area (Å²) in [5.74, 6) is 0.947. The summed E-state index contributed by atoms with van der Waals surface area (Å²) in [5, 5.41) is 4.41. The SMILES string of the molecule is CCn1c(SCC(=O)NCC2CCCCC2)nc2sc(C)c(C)c2c1=O. The minimum absolute atomic E-state index is 0.00413. The van der Waals surface area contributed by atoms with E-state index in [9.17, 15) is 9.59 Å². The normalized spacial score (nSPS) is 15.5. The fraction of sp³-hybridized carbons (Fsp3) is 0.632. The number of hydrogen-bond donors (Lipinski definition) is 1. The Morgan fingerprint density at radius 1 is 1.31 bits per heavy atom. The number of carbonyl (C=O) groups excluding carboxylic acids is 1. The van der Waals surface area contributed by atoms with Crippen molar-refractivity contribution in [1.29, 1.82) is 0 Å². The fourth-order valence-electron chi connectivity index (χ4n) is 3.53. The summed E-state index contributed by atoms with van der Waals surface area (Å²) in [6, 6.07) is 0. The van der Waals surface area contributed by atoms with Gasteiger partial charge >= 0.3 is 0 Å². The molecule has 2 aromatic heterocycles. The van der Waals surface area contributed by atoms with Crippen LogP contribution >= 0.6 is 23.1 Å². The van der Waals surface area contributed by atoms with Crippen molar-refractivity contribution in [2.24, 2.45) is 5.92 Å². The monoisotopic (exact) mass is 393 g/mol. The first-order chi connectivity index (χ1) is 12.5. The molecule has 1 saturated carbocycles. The number of nitrogens with zero attached hydrogens (tertiary/aromatic N) is 2. The molecule has 1 N–H and O–H groups in total. The van der Waals surface area contributed by atoms with E-state index >= 15 is 0 Å². The number of fused-ring (bicyclic) bond motifs is 1. The Labute approximate surface area is 162 Å². The van der Waals surface area contributed by atoms with Gasteiger partial charge in [-0.2, -0.15) is 0 Å². The van der Waals surface area contributed by atoms with Crippen LogP contribution in [0.2, 0.25) is 0 Å². The zero-order chi connectivity index (χ0) is 18.7. The lowest BCUT2D eigenvalue weighted by atomic mass is 9.89. The third kappa shape index (κ3) is 4.14. The molecule has 0 radical (unpaired) electrons. The van der Waals surface area contributed by atoms with Crippen LogP contribution in [0.4, 0.5) is 0 Å². The highest BCUT2D eigenvalue weighted by Gasteiger charge is 2.18. The Morgan fingerprint density at radius 2 is 2.04 bits per heavy atom. The van der Waals surface area contributed by atoms with Gasteiger partial charge in [0.1, 0.15) is 4.83 Å². The third-order valence-electron chi connectivity index (χ3n) is 5.22. The van der Waals surface area contributed by atoms with Crippen LogP contribution in [0.1, 0.15) is 49.5 Å². The van der Waals surface area contributed by atoms with Gasteiger partial charge in [-0.3, -0.25) is 14.2 Å². The second kappa shape index (κ2) is 8.57. The van der Waals surface area contributed by atoms with E-state index in [1.165, 1.54) is 43.9 Å². The van der Waals surface area contributed by atoms with Crippen LogP contribution in [0.5, 0.6) is 0 Å². The number of rotatable bonds is 6. The number of thiophene rings is 1. The Morgan fingerprint density at radius 3 is 2.73 bits per heavy atom. The lowest BCUT2D eigenvalue weighted by Crippen LogP contribution is -2.31. The van der Waals surface area contributed by atoms with Gasteiger partial charge in [-0.1, -0.05) is 31.0 Å². The number of nitrogens with one attached hydrogen (secondary N) is 1. The van der Waals surface area contributed by atoms with Crippen molar-refractivity contribution in [2.45, 2.75) is 64.6 Å². The minimum atomic E-state index is 0.00413. The van der Waals surface area contributed by atoms with Crippen molar-refractivity contribution in [2.75, 3.05) is 12.3 Å². The number of thioether (sulfide) groups is 1. The molecule has 0 bridgehead atoms. The molecule has 1 fully saturated rings. The van der Waals surface area contributed by atoms with Crippen LogP contribution in [0.25, 0.3) is 10.2 Å². The van der Waals surface area contributed by atoms with E-state index in [-0.39, 0.29) is 11.5 Å². The molecule has 26 heavy (non-hydrogen) atoms. The van der Waals surface area contributed by atoms with E-state index in [0.29, 0.717) is 23.4 Å². The first-order valence-corrected chi connectivity index (χ1v) is 11.2. The van der Waals surface area contributed by atoms with Crippen molar-refractivity contribution in [1.82, 2.24) is 14.9 Å². The molecule has 0 unspecified atom stereocenters. The molecule has 0 aromatic carbocycles. The summed E-state index contributed by atoms with van der Waals surface area (Å²) in [6.45, 7) is 7.26. The van der Waals surface area contributed by atoms with Crippen LogP contribution < -0.4 is 10.9 Å². The van der Waals surface area contributed by atoms with E-state index in [1.54, 1.807) is 15.9 Å². The largest absolute Gasteiger partial charge is 0.355 e. The molecule has 1 aliphatic carbocycles. The lowest BCUT2D eigenvalue weighted by Gasteiger charge is -2.21. The van der Waals surface area contributed by atoms with Crippen molar-refractivity contribution >= 4 is 39.2 Å². The molecule has 0 saturated heterocycles. The van der Waals surface area contributed by atoms with Crippen LogP contribution in [0, 0.1) is 19.8 Å². The molecule has 3 rings (SSSR count). The van der Waals surface area contributed by atoms with E-state index in [2.05, 4.69) is 10.3 Å². The summed E-state index contributed by atoms with van der Waals surface area (Å²) in [7, 11) is 0. The summed E-state index contributed by atoms with van der Waals surface area (Å²) < 4.78 is 1.68. The molecule has 2 heterocycles. The summed E-state index contributed by atoms with van der Waals surface area (Å²) in [5.41, 5.74) is 1.02. The first-order valence-electron chi connectivity index (χ1n) is 9.41. The molecular weight excluding hydrogens is 366 g/mol. The molecule has 0 aliphatic heterocycles. The number of hydrogen-bond acceptors (Lipinski definition) is 5. The van der Waals surface area contributed by atoms with Gasteiger partial charge in [-0.25, -0.2) is 4.98 Å². The van der Waals surface area contributed by atoms with E-state index in [1.807, 2.05) is 20.8 Å². The third-order valence-corrected chi connectivity index (χ3v) is 7.29. The highest BCUT2D eigenvalue weighted by atomic mass is 32.2. The van der Waals surface area contributed by atoms with Crippen LogP contribution in [-0.4, -0.2) is 27.8 Å². The number of aromatic nitrogens is 2. The van der Waals surface area contributed by atoms with Crippen LogP contribution in [-0.2, 0) is 11.3 Å². The summed E-state index contributed by atoms with van der Waals surface area (Å²) in [4.78, 5) is 31.6. The number of amides is 1. The van der Waals surface area contributed by atoms with Crippen molar-refractivity contribution in [3.05, 3.63) is 20.8 Å². The van der Waals surface area contributed by atoms with Gasteiger partial charge < -0.3 is 5.32 Å². The van der Waals surface area contributed by atoms with E-state index in [0.717, 1.165) is 27.2 Å². The topological polar surface area (TPSA) is 64.0 Å². The average molecular weight is 394 g/mol. The van der Waals surface area contributed by atoms with Crippen molar-refractivity contribution in [3.8, 4) is 0 Å². The van der Waals surface area contributed by atoms with E-state index in [4.69, 9.17) is 0 Å². The van der Waals surface area contributed by atoms with Gasteiger partial charge in [0.2, 0.25) is 5.91 Å². The molecule has 1 aliphatic rings. The second-order valence-corrected chi connectivity index (χ2v) is 9.15. The number of carbonyl (C=O) groups is 1. The maximum atomic E-state index is 12.8. The van der Waals surface area contributed by atoms with Crippen LogP contribution in [0.3, 0.4) is 0 Å². The highest BCUT2D eigenvalue weighted by molar-refractivity contribution is 7.99. The molecule has 0 atom stereocenters. The molecular formula is C19H27N3O2S2. The average Bonchev–Trinajstić information content (AvgIpc) is 2.93. The van der Waals surface area contributed by atoms with Gasteiger partial charge in [0, 0.05) is 18.0 Å². The Bertz CT molecular complexity index is 851. The molecule has 1 amide bonds. The molecule has 142 valence electrons. The maximum absolute atomic E-state index is 12.8. The molecule has 7 heteroatoms. The zero-order valence-electron chi connectivity index (χ0n) is 15.8. The zero-order valence-corrected chi connectivity index (χ0v) is 17.4. The van der Waals surface area contributed by atoms with Crippen molar-refractivity contribution in [3.63, 3.8) is 0 Å². The van der Waals surface area contributed by atoms with E-state index < -0.39 is 0 Å². The van der Waals surface area contributed by atoms with Gasteiger partial charge in [-0.05, 0) is 45.1 Å². The number of aryl methyl sites for hydroxylation is 2. The first kappa shape index (κ1) is 19.4. The van der Waals surface area contributed by atoms with Crippen LogP contribution in [0.15, 0.2) is 9.95 Å². The lowest BCUT2D eigenvalue weighted by molar-refractivity contribution is -0.118. The van der Waals surface area contributed by atoms with Gasteiger partial charge in [0.25, 0.3) is 5.56 Å². The standard InChI is InChI=1S/C19H27N3O2S2/c1-4-22-18(24)16-12(2)13(3)26-17(16)21-19(22)25-11-15(23)20-10-14-8-6-5-7-9-14/h14H,4-11H2,1-3H3,(H,20,23). The Balaban J connectivity index is 1.68. The quantitative estimate of drug-likeness (QED) is 0.597. The van der Waals surface area contributed by atoms with Gasteiger partial charge in [0.15, 0.2) is 5.16 Å². The molecule has 0 spiro atoms. The minimum Gasteiger partial charge on any atom is -0.355 e. The van der Waals surface area contributed by atoms with Gasteiger partial charge in [0.05, 0.1) is 11.1 Å². The van der Waals surface area contributed by atoms with Crippen molar-refractivity contribution < 1.29 is 4.79 Å². The Hall–Kier alpha value is -1.34. The Kier molecular flexibility index (Phi) is 6.40. The highest BCUT2D eigenvalue weighted by Crippen LogP contribution is 2.28. The summed E-state index contributed by atoms with van der Waals surface area (Å²) >= 11 is 2.91. The second-order valence-electron chi connectivity index (χ2n) is 7.00. The molecule has 5 nitrogen and oxygen atoms in total. The predicted molar refractivity (Wildman–Crippen MR) is 109 cm³/mol. The molecule has 2 aromatic rings. The maximum Gasteiger partial charge on any atom is 0.263 e. The smallest absolute Gasteiger partial charge is 0.263 e. The summed E-state index contributed by atoms with van der Waals surface area (Å²) in [6.07, 6.45) is 6.32. The predicted octanol–water partition coefficient (Wildman–Crippen LogP) is 3.88.